The number of hydrogen-bond donors (Lipinski definition) is 1. The van der Waals surface area contributed by atoms with Crippen molar-refractivity contribution in [2.24, 2.45) is 5.92 Å². The van der Waals surface area contributed by atoms with Gasteiger partial charge in [-0.05, 0) is 37.3 Å². The van der Waals surface area contributed by atoms with Crippen molar-refractivity contribution in [3.63, 3.8) is 0 Å². The molecule has 1 aliphatic rings. The molecular formula is C16H17N5. The van der Waals surface area contributed by atoms with E-state index >= 15 is 0 Å². The van der Waals surface area contributed by atoms with Crippen LogP contribution in [-0.4, -0.2) is 24.7 Å². The Morgan fingerprint density at radius 1 is 1.29 bits per heavy atom. The predicted octanol–water partition coefficient (Wildman–Crippen LogP) is 3.18. The van der Waals surface area contributed by atoms with Crippen LogP contribution in [0, 0.1) is 5.92 Å². The van der Waals surface area contributed by atoms with Crippen molar-refractivity contribution in [3.8, 4) is 11.5 Å². The Hall–Kier alpha value is -2.43. The van der Waals surface area contributed by atoms with E-state index in [1.54, 1.807) is 6.20 Å². The lowest BCUT2D eigenvalue weighted by Crippen LogP contribution is -2.13. The molecule has 3 aromatic heterocycles. The fourth-order valence-corrected chi connectivity index (χ4v) is 2.87. The van der Waals surface area contributed by atoms with Crippen LogP contribution in [0.1, 0.15) is 19.3 Å². The van der Waals surface area contributed by atoms with E-state index in [2.05, 4.69) is 32.2 Å². The molecule has 0 spiro atoms. The molecular weight excluding hydrogens is 262 g/mol. The molecule has 5 nitrogen and oxygen atoms in total. The summed E-state index contributed by atoms with van der Waals surface area (Å²) in [6, 6.07) is 5.84. The highest BCUT2D eigenvalue weighted by molar-refractivity contribution is 5.74. The van der Waals surface area contributed by atoms with Crippen LogP contribution >= 0.6 is 0 Å². The maximum Gasteiger partial charge on any atom is 0.176 e. The molecule has 106 valence electrons. The van der Waals surface area contributed by atoms with Gasteiger partial charge in [-0.3, -0.25) is 4.98 Å². The van der Waals surface area contributed by atoms with E-state index in [1.807, 2.05) is 29.1 Å². The Kier molecular flexibility index (Phi) is 3.03. The Bertz CT molecular complexity index is 768. The van der Waals surface area contributed by atoms with Gasteiger partial charge in [0.15, 0.2) is 11.5 Å². The van der Waals surface area contributed by atoms with Gasteiger partial charge in [-0.25, -0.2) is 9.67 Å². The summed E-state index contributed by atoms with van der Waals surface area (Å²) in [5.74, 6) is 1.47. The molecule has 0 bridgehead atoms. The third-order valence-electron chi connectivity index (χ3n) is 4.00. The van der Waals surface area contributed by atoms with Crippen LogP contribution in [0.15, 0.2) is 42.7 Å². The van der Waals surface area contributed by atoms with Gasteiger partial charge in [0.25, 0.3) is 0 Å². The lowest BCUT2D eigenvalue weighted by Gasteiger charge is -2.17. The molecule has 1 N–H and O–H groups in total. The molecule has 0 fully saturated rings. The number of aromatic nitrogens is 5. The molecule has 0 saturated carbocycles. The van der Waals surface area contributed by atoms with E-state index < -0.39 is 0 Å². The Balaban J connectivity index is 1.65. The van der Waals surface area contributed by atoms with Crippen molar-refractivity contribution >= 4 is 11.2 Å². The lowest BCUT2D eigenvalue weighted by atomic mass is 9.94. The summed E-state index contributed by atoms with van der Waals surface area (Å²) in [4.78, 5) is 12.3. The number of fused-ring (bicyclic) bond motifs is 1. The van der Waals surface area contributed by atoms with E-state index in [4.69, 9.17) is 0 Å². The van der Waals surface area contributed by atoms with E-state index in [-0.39, 0.29) is 0 Å². The first kappa shape index (κ1) is 12.3. The third kappa shape index (κ3) is 2.35. The molecule has 3 aromatic rings. The summed E-state index contributed by atoms with van der Waals surface area (Å²) in [6.45, 7) is 0.931. The summed E-state index contributed by atoms with van der Waals surface area (Å²) in [6.07, 6.45) is 11.7. The van der Waals surface area contributed by atoms with Crippen LogP contribution in [0.25, 0.3) is 22.7 Å². The molecule has 4 rings (SSSR count). The highest BCUT2D eigenvalue weighted by atomic mass is 15.3. The molecule has 0 radical (unpaired) electrons. The van der Waals surface area contributed by atoms with Gasteiger partial charge < -0.3 is 4.98 Å². The quantitative estimate of drug-likeness (QED) is 0.749. The van der Waals surface area contributed by atoms with E-state index in [0.29, 0.717) is 5.92 Å². The number of nitrogens with one attached hydrogen (secondary N) is 1. The zero-order chi connectivity index (χ0) is 14.1. The molecule has 0 aliphatic heterocycles. The first-order valence-electron chi connectivity index (χ1n) is 7.38. The molecule has 1 unspecified atom stereocenters. The second-order valence-corrected chi connectivity index (χ2v) is 5.51. The highest BCUT2D eigenvalue weighted by Crippen LogP contribution is 2.23. The molecule has 3 heterocycles. The van der Waals surface area contributed by atoms with Crippen molar-refractivity contribution in [1.29, 1.82) is 0 Å². The third-order valence-corrected chi connectivity index (χ3v) is 4.00. The average molecular weight is 279 g/mol. The van der Waals surface area contributed by atoms with Crippen LogP contribution in [-0.2, 0) is 6.54 Å². The van der Waals surface area contributed by atoms with Crippen LogP contribution in [0.5, 0.6) is 0 Å². The van der Waals surface area contributed by atoms with E-state index in [0.717, 1.165) is 35.6 Å². The average Bonchev–Trinajstić information content (AvgIpc) is 3.11. The van der Waals surface area contributed by atoms with Crippen LogP contribution in [0.2, 0.25) is 0 Å². The van der Waals surface area contributed by atoms with E-state index in [1.165, 1.54) is 12.8 Å². The normalized spacial score (nSPS) is 18.4. The summed E-state index contributed by atoms with van der Waals surface area (Å²) in [5, 5.41) is 4.46. The topological polar surface area (TPSA) is 59.4 Å². The summed E-state index contributed by atoms with van der Waals surface area (Å²) in [5.41, 5.74) is 2.76. The maximum atomic E-state index is 4.67. The minimum absolute atomic E-state index is 0.660. The Labute approximate surface area is 122 Å². The fraction of sp³-hybridized carbons (Fsp3) is 0.312. The number of pyridine rings is 1. The summed E-state index contributed by atoms with van der Waals surface area (Å²) < 4.78 is 2.02. The number of hydrogen-bond acceptors (Lipinski definition) is 3. The Morgan fingerprint density at radius 2 is 2.29 bits per heavy atom. The van der Waals surface area contributed by atoms with Gasteiger partial charge in [0.05, 0.1) is 6.20 Å². The summed E-state index contributed by atoms with van der Waals surface area (Å²) >= 11 is 0. The highest BCUT2D eigenvalue weighted by Gasteiger charge is 2.15. The fourth-order valence-electron chi connectivity index (χ4n) is 2.87. The van der Waals surface area contributed by atoms with Crippen molar-refractivity contribution in [3.05, 3.63) is 42.7 Å². The number of rotatable bonds is 3. The van der Waals surface area contributed by atoms with Crippen molar-refractivity contribution in [1.82, 2.24) is 24.7 Å². The predicted molar refractivity (Wildman–Crippen MR) is 81.6 cm³/mol. The van der Waals surface area contributed by atoms with Crippen molar-refractivity contribution in [2.75, 3.05) is 0 Å². The van der Waals surface area contributed by atoms with Crippen molar-refractivity contribution < 1.29 is 0 Å². The number of aromatic amines is 1. The monoisotopic (exact) mass is 279 g/mol. The standard InChI is InChI=1S/C16H17N5/c1-2-6-12(7-3-1)11-21-16-14(10-18-21)19-15(20-16)13-8-4-5-9-17-13/h1-2,4-5,8-10,12H,3,6-7,11H2,(H,19,20). The largest absolute Gasteiger partial charge is 0.334 e. The first-order valence-corrected chi connectivity index (χ1v) is 7.38. The number of imidazole rings is 1. The maximum absolute atomic E-state index is 4.67. The minimum atomic E-state index is 0.660. The number of H-pyrrole nitrogens is 1. The zero-order valence-corrected chi connectivity index (χ0v) is 11.7. The van der Waals surface area contributed by atoms with E-state index in [9.17, 15) is 0 Å². The van der Waals surface area contributed by atoms with Gasteiger partial charge in [0.1, 0.15) is 11.2 Å². The van der Waals surface area contributed by atoms with Gasteiger partial charge in [0.2, 0.25) is 0 Å². The lowest BCUT2D eigenvalue weighted by molar-refractivity contribution is 0.395. The first-order chi connectivity index (χ1) is 10.4. The SMILES string of the molecule is C1=CCC(Cn2ncc3[nH]c(-c4ccccn4)nc32)CC1. The smallest absolute Gasteiger partial charge is 0.176 e. The van der Waals surface area contributed by atoms with Gasteiger partial charge in [0, 0.05) is 12.7 Å². The number of allylic oxidation sites excluding steroid dienone is 2. The molecule has 1 aliphatic carbocycles. The van der Waals surface area contributed by atoms with Gasteiger partial charge in [-0.15, -0.1) is 0 Å². The van der Waals surface area contributed by atoms with Gasteiger partial charge >= 0.3 is 0 Å². The second kappa shape index (κ2) is 5.16. The van der Waals surface area contributed by atoms with Gasteiger partial charge in [-0.2, -0.15) is 5.10 Å². The van der Waals surface area contributed by atoms with Crippen LogP contribution in [0.3, 0.4) is 0 Å². The molecule has 0 aromatic carbocycles. The second-order valence-electron chi connectivity index (χ2n) is 5.51. The molecule has 5 heteroatoms. The van der Waals surface area contributed by atoms with Gasteiger partial charge in [-0.1, -0.05) is 18.2 Å². The summed E-state index contributed by atoms with van der Waals surface area (Å²) in [7, 11) is 0. The number of nitrogens with zero attached hydrogens (tertiary/aromatic N) is 4. The Morgan fingerprint density at radius 3 is 3.10 bits per heavy atom. The van der Waals surface area contributed by atoms with Crippen molar-refractivity contribution in [2.45, 2.75) is 25.8 Å². The molecule has 21 heavy (non-hydrogen) atoms. The zero-order valence-electron chi connectivity index (χ0n) is 11.7. The molecule has 0 amide bonds. The molecule has 0 saturated heterocycles. The van der Waals surface area contributed by atoms with Crippen LogP contribution < -0.4 is 0 Å². The molecule has 1 atom stereocenters. The van der Waals surface area contributed by atoms with Crippen LogP contribution in [0.4, 0.5) is 0 Å². The minimum Gasteiger partial charge on any atom is -0.334 e.